The van der Waals surface area contributed by atoms with Gasteiger partial charge in [-0.15, -0.1) is 0 Å². The second kappa shape index (κ2) is 10.9. The van der Waals surface area contributed by atoms with E-state index in [0.717, 1.165) is 21.4 Å². The molecule has 0 unspecified atom stereocenters. The van der Waals surface area contributed by atoms with Crippen molar-refractivity contribution in [1.29, 1.82) is 0 Å². The Hall–Kier alpha value is -2.99. The Morgan fingerprint density at radius 2 is 1.10 bits per heavy atom. The van der Waals surface area contributed by atoms with Crippen molar-refractivity contribution in [3.63, 3.8) is 0 Å². The van der Waals surface area contributed by atoms with Crippen LogP contribution in [0.4, 0.5) is 0 Å². The Kier molecular flexibility index (Phi) is 7.45. The van der Waals surface area contributed by atoms with Crippen LogP contribution >= 0.6 is 0 Å². The van der Waals surface area contributed by atoms with Crippen molar-refractivity contribution in [1.82, 2.24) is 0 Å². The average Bonchev–Trinajstić information content (AvgIpc) is 2.82. The van der Waals surface area contributed by atoms with E-state index in [2.05, 4.69) is 0 Å². The molecular formula is C26H27NO4. The van der Waals surface area contributed by atoms with Crippen LogP contribution in [0.25, 0.3) is 0 Å². The zero-order valence-electron chi connectivity index (χ0n) is 17.4. The summed E-state index contributed by atoms with van der Waals surface area (Å²) < 4.78 is 19.4. The van der Waals surface area contributed by atoms with Gasteiger partial charge in [0.25, 0.3) is 0 Å². The van der Waals surface area contributed by atoms with E-state index in [-0.39, 0.29) is 6.54 Å². The molecule has 3 aromatic carbocycles. The van der Waals surface area contributed by atoms with Crippen LogP contribution in [0.5, 0.6) is 0 Å². The van der Waals surface area contributed by atoms with Gasteiger partial charge in [-0.2, -0.15) is 0 Å². The zero-order chi connectivity index (χ0) is 21.3. The van der Waals surface area contributed by atoms with Gasteiger partial charge in [0.15, 0.2) is 18.9 Å². The molecule has 5 heteroatoms. The number of nitrogens with zero attached hydrogens (tertiary/aromatic N) is 1. The molecule has 0 amide bonds. The summed E-state index contributed by atoms with van der Waals surface area (Å²) in [6.45, 7) is 1.44. The summed E-state index contributed by atoms with van der Waals surface area (Å²) in [6, 6.07) is 29.8. The van der Waals surface area contributed by atoms with Crippen LogP contribution in [0.15, 0.2) is 91.0 Å². The zero-order valence-corrected chi connectivity index (χ0v) is 17.4. The van der Waals surface area contributed by atoms with Gasteiger partial charge in [0.2, 0.25) is 0 Å². The molecule has 4 rings (SSSR count). The number of rotatable bonds is 9. The third kappa shape index (κ3) is 6.25. The van der Waals surface area contributed by atoms with Crippen LogP contribution in [0.1, 0.15) is 16.7 Å². The normalized spacial score (nSPS) is 20.9. The van der Waals surface area contributed by atoms with Gasteiger partial charge >= 0.3 is 0 Å². The lowest BCUT2D eigenvalue weighted by Gasteiger charge is -2.33. The molecule has 0 bridgehead atoms. The van der Waals surface area contributed by atoms with Crippen LogP contribution in [0, 0.1) is 5.21 Å². The van der Waals surface area contributed by atoms with E-state index in [1.54, 1.807) is 6.21 Å². The Labute approximate surface area is 183 Å². The van der Waals surface area contributed by atoms with Crippen molar-refractivity contribution in [3.8, 4) is 0 Å². The van der Waals surface area contributed by atoms with Crippen molar-refractivity contribution in [2.24, 2.45) is 0 Å². The predicted molar refractivity (Wildman–Crippen MR) is 120 cm³/mol. The summed E-state index contributed by atoms with van der Waals surface area (Å²) in [5, 5.41) is 12.4. The molecule has 1 aliphatic rings. The Bertz CT molecular complexity index is 947. The summed E-state index contributed by atoms with van der Waals surface area (Å²) in [7, 11) is 0. The van der Waals surface area contributed by atoms with Crippen molar-refractivity contribution in [2.75, 3.05) is 6.54 Å². The monoisotopic (exact) mass is 417 g/mol. The minimum atomic E-state index is -0.504. The standard InChI is InChI=1S/C26H27NO4/c28-27-16-24(29-18-21-10-4-1-5-11-21)26(31-20-23-14-8-3-9-15-23)25(17-27)30-19-22-12-6-2-7-13-22/h1-16,24-26H,17-20H2/t24-,25+,26-/m1/s1. The van der Waals surface area contributed by atoms with Gasteiger partial charge in [0.05, 0.1) is 19.8 Å². The van der Waals surface area contributed by atoms with Crippen molar-refractivity contribution in [3.05, 3.63) is 113 Å². The summed E-state index contributed by atoms with van der Waals surface area (Å²) in [5.74, 6) is 0. The smallest absolute Gasteiger partial charge is 0.182 e. The third-order valence-electron chi connectivity index (χ3n) is 5.24. The lowest BCUT2D eigenvalue weighted by Crippen LogP contribution is -2.52. The molecular weight excluding hydrogens is 390 g/mol. The van der Waals surface area contributed by atoms with Gasteiger partial charge in [-0.05, 0) is 16.7 Å². The molecule has 3 aromatic rings. The van der Waals surface area contributed by atoms with E-state index >= 15 is 0 Å². The van der Waals surface area contributed by atoms with Gasteiger partial charge in [0, 0.05) is 0 Å². The fourth-order valence-corrected chi connectivity index (χ4v) is 3.60. The second-order valence-electron chi connectivity index (χ2n) is 7.61. The molecule has 0 spiro atoms. The average molecular weight is 418 g/mol. The third-order valence-corrected chi connectivity index (χ3v) is 5.24. The maximum Gasteiger partial charge on any atom is 0.182 e. The van der Waals surface area contributed by atoms with Crippen molar-refractivity contribution < 1.29 is 18.9 Å². The molecule has 0 fully saturated rings. The highest BCUT2D eigenvalue weighted by Gasteiger charge is 2.39. The molecule has 160 valence electrons. The minimum Gasteiger partial charge on any atom is -0.624 e. The molecule has 0 aromatic heterocycles. The highest BCUT2D eigenvalue weighted by Crippen LogP contribution is 2.20. The Morgan fingerprint density at radius 1 is 0.645 bits per heavy atom. The van der Waals surface area contributed by atoms with E-state index in [1.807, 2.05) is 91.0 Å². The van der Waals surface area contributed by atoms with Crippen LogP contribution in [0.3, 0.4) is 0 Å². The van der Waals surface area contributed by atoms with Crippen LogP contribution in [0.2, 0.25) is 0 Å². The summed E-state index contributed by atoms with van der Waals surface area (Å²) in [5.41, 5.74) is 3.16. The number of ether oxygens (including phenoxy) is 3. The molecule has 1 aliphatic heterocycles. The minimum absolute atomic E-state index is 0.206. The van der Waals surface area contributed by atoms with E-state index in [4.69, 9.17) is 14.2 Å². The maximum atomic E-state index is 12.4. The lowest BCUT2D eigenvalue weighted by molar-refractivity contribution is -0.483. The molecule has 0 N–H and O–H groups in total. The fraction of sp³-hybridized carbons (Fsp3) is 0.269. The number of hydrogen-bond donors (Lipinski definition) is 0. The quantitative estimate of drug-likeness (QED) is 0.384. The molecule has 3 atom stereocenters. The Morgan fingerprint density at radius 3 is 1.61 bits per heavy atom. The topological polar surface area (TPSA) is 53.8 Å². The highest BCUT2D eigenvalue weighted by molar-refractivity contribution is 5.60. The fourth-order valence-electron chi connectivity index (χ4n) is 3.60. The molecule has 31 heavy (non-hydrogen) atoms. The molecule has 0 saturated heterocycles. The first-order chi connectivity index (χ1) is 15.3. The maximum absolute atomic E-state index is 12.4. The SMILES string of the molecule is [O-][N+]1=C[C@@H](OCc2ccccc2)[C@@H](OCc2ccccc2)[C@@H](OCc2ccccc2)C1. The van der Waals surface area contributed by atoms with E-state index in [1.165, 1.54) is 0 Å². The Balaban J connectivity index is 1.47. The first-order valence-corrected chi connectivity index (χ1v) is 10.5. The van der Waals surface area contributed by atoms with Gasteiger partial charge < -0.3 is 19.4 Å². The predicted octanol–water partition coefficient (Wildman–Crippen LogP) is 4.34. The van der Waals surface area contributed by atoms with E-state index in [9.17, 15) is 5.21 Å². The molecule has 0 radical (unpaired) electrons. The lowest BCUT2D eigenvalue weighted by atomic mass is 10.0. The van der Waals surface area contributed by atoms with E-state index in [0.29, 0.717) is 19.8 Å². The van der Waals surface area contributed by atoms with Gasteiger partial charge in [-0.25, -0.2) is 4.74 Å². The van der Waals surface area contributed by atoms with Gasteiger partial charge in [-0.3, -0.25) is 0 Å². The number of benzene rings is 3. The summed E-state index contributed by atoms with van der Waals surface area (Å²) in [4.78, 5) is 0. The summed E-state index contributed by atoms with van der Waals surface area (Å²) in [6.07, 6.45) is 0.252. The van der Waals surface area contributed by atoms with Crippen molar-refractivity contribution in [2.45, 2.75) is 38.1 Å². The van der Waals surface area contributed by atoms with Crippen molar-refractivity contribution >= 4 is 6.21 Å². The van der Waals surface area contributed by atoms with Crippen LogP contribution < -0.4 is 0 Å². The molecule has 0 aliphatic carbocycles. The van der Waals surface area contributed by atoms with Gasteiger partial charge in [0.1, 0.15) is 12.2 Å². The highest BCUT2D eigenvalue weighted by atomic mass is 16.6. The van der Waals surface area contributed by atoms with Gasteiger partial charge in [-0.1, -0.05) is 91.0 Å². The largest absolute Gasteiger partial charge is 0.624 e. The molecule has 1 heterocycles. The first kappa shape index (κ1) is 21.2. The summed E-state index contributed by atoms with van der Waals surface area (Å²) >= 11 is 0. The number of hydrogen-bond acceptors (Lipinski definition) is 4. The van der Waals surface area contributed by atoms with Crippen LogP contribution in [-0.4, -0.2) is 35.8 Å². The molecule has 5 nitrogen and oxygen atoms in total. The first-order valence-electron chi connectivity index (χ1n) is 10.5. The number of hydroxylamine groups is 1. The second-order valence-corrected chi connectivity index (χ2v) is 7.61. The van der Waals surface area contributed by atoms with Crippen LogP contribution in [-0.2, 0) is 34.0 Å². The van der Waals surface area contributed by atoms with E-state index < -0.39 is 18.3 Å². The molecule has 0 saturated carbocycles.